The fourth-order valence-electron chi connectivity index (χ4n) is 3.64. The van der Waals surface area contributed by atoms with Crippen LogP contribution in [0.5, 0.6) is 0 Å². The second kappa shape index (κ2) is 5.80. The Kier molecular flexibility index (Phi) is 4.51. The summed E-state index contributed by atoms with van der Waals surface area (Å²) in [5.74, 6) is -0.281. The van der Waals surface area contributed by atoms with E-state index in [1.165, 1.54) is 38.5 Å². The van der Waals surface area contributed by atoms with Crippen LogP contribution >= 0.6 is 0 Å². The summed E-state index contributed by atoms with van der Waals surface area (Å²) < 4.78 is 5.05. The first-order valence-electron chi connectivity index (χ1n) is 7.66. The highest BCUT2D eigenvalue weighted by Gasteiger charge is 2.39. The smallest absolute Gasteiger partial charge is 0.327 e. The van der Waals surface area contributed by atoms with E-state index in [0.29, 0.717) is 18.6 Å². The highest BCUT2D eigenvalue weighted by atomic mass is 16.5. The van der Waals surface area contributed by atoms with Gasteiger partial charge < -0.3 is 15.4 Å². The summed E-state index contributed by atoms with van der Waals surface area (Å²) in [4.78, 5) is 14.1. The van der Waals surface area contributed by atoms with Gasteiger partial charge in [-0.3, -0.25) is 4.79 Å². The van der Waals surface area contributed by atoms with E-state index in [1.54, 1.807) is 6.92 Å². The van der Waals surface area contributed by atoms with E-state index in [4.69, 9.17) is 10.5 Å². The van der Waals surface area contributed by atoms with Gasteiger partial charge in [0, 0.05) is 6.54 Å². The van der Waals surface area contributed by atoms with E-state index >= 15 is 0 Å². The van der Waals surface area contributed by atoms with Gasteiger partial charge in [-0.2, -0.15) is 0 Å². The third-order valence-electron chi connectivity index (χ3n) is 4.87. The Bertz CT molecular complexity index is 312. The molecule has 0 aromatic heterocycles. The molecule has 1 aliphatic heterocycles. The zero-order chi connectivity index (χ0) is 13.9. The lowest BCUT2D eigenvalue weighted by Crippen LogP contribution is -2.56. The van der Waals surface area contributed by atoms with Gasteiger partial charge in [0.05, 0.1) is 6.61 Å². The molecule has 2 aliphatic rings. The number of likely N-dealkylation sites (tertiary alicyclic amines) is 1. The van der Waals surface area contributed by atoms with E-state index in [9.17, 15) is 4.79 Å². The number of hydrogen-bond acceptors (Lipinski definition) is 4. The first kappa shape index (κ1) is 14.8. The molecule has 4 nitrogen and oxygen atoms in total. The molecule has 0 aromatic carbocycles. The fraction of sp³-hybridized carbons (Fsp3) is 0.933. The molecule has 19 heavy (non-hydrogen) atoms. The largest absolute Gasteiger partial charge is 0.465 e. The van der Waals surface area contributed by atoms with Crippen LogP contribution in [0.3, 0.4) is 0 Å². The van der Waals surface area contributed by atoms with E-state index in [0.717, 1.165) is 13.1 Å². The molecule has 1 unspecified atom stereocenters. The molecule has 1 heterocycles. The molecule has 0 aromatic rings. The molecule has 0 bridgehead atoms. The molecule has 2 N–H and O–H groups in total. The minimum atomic E-state index is -0.879. The molecule has 0 radical (unpaired) electrons. The van der Waals surface area contributed by atoms with Crippen LogP contribution in [-0.2, 0) is 9.53 Å². The molecule has 2 rings (SSSR count). The van der Waals surface area contributed by atoms with Crippen molar-refractivity contribution in [1.29, 1.82) is 0 Å². The summed E-state index contributed by atoms with van der Waals surface area (Å²) in [7, 11) is 0. The third-order valence-corrected chi connectivity index (χ3v) is 4.87. The average molecular weight is 268 g/mol. The summed E-state index contributed by atoms with van der Waals surface area (Å²) in [5, 5.41) is 0. The summed E-state index contributed by atoms with van der Waals surface area (Å²) >= 11 is 0. The molecule has 2 fully saturated rings. The minimum absolute atomic E-state index is 0.281. The minimum Gasteiger partial charge on any atom is -0.465 e. The Morgan fingerprint density at radius 3 is 2.37 bits per heavy atom. The van der Waals surface area contributed by atoms with Crippen LogP contribution in [0.4, 0.5) is 0 Å². The van der Waals surface area contributed by atoms with Crippen LogP contribution in [0.25, 0.3) is 0 Å². The van der Waals surface area contributed by atoms with Gasteiger partial charge in [0.25, 0.3) is 0 Å². The predicted octanol–water partition coefficient (Wildman–Crippen LogP) is 1.92. The molecule has 1 saturated carbocycles. The van der Waals surface area contributed by atoms with Crippen molar-refractivity contribution in [2.75, 3.05) is 26.2 Å². The maximum atomic E-state index is 11.8. The highest BCUT2D eigenvalue weighted by Crippen LogP contribution is 2.46. The first-order valence-corrected chi connectivity index (χ1v) is 7.66. The number of esters is 1. The number of rotatable bonds is 4. The summed E-state index contributed by atoms with van der Waals surface area (Å²) in [6.07, 6.45) is 8.14. The zero-order valence-corrected chi connectivity index (χ0v) is 12.4. The molecule has 110 valence electrons. The van der Waals surface area contributed by atoms with Gasteiger partial charge in [0.1, 0.15) is 5.54 Å². The van der Waals surface area contributed by atoms with Gasteiger partial charge in [-0.05, 0) is 58.0 Å². The Balaban J connectivity index is 1.83. The molecule has 4 heteroatoms. The summed E-state index contributed by atoms with van der Waals surface area (Å²) in [6.45, 7) is 6.76. The average Bonchev–Trinajstić information content (AvgIpc) is 2.81. The molecular weight excluding hydrogens is 240 g/mol. The van der Waals surface area contributed by atoms with Crippen LogP contribution < -0.4 is 5.73 Å². The maximum Gasteiger partial charge on any atom is 0.327 e. The van der Waals surface area contributed by atoms with Crippen molar-refractivity contribution in [2.24, 2.45) is 11.1 Å². The maximum absolute atomic E-state index is 11.8. The Labute approximate surface area is 116 Å². The van der Waals surface area contributed by atoms with Crippen LogP contribution in [-0.4, -0.2) is 42.6 Å². The second-order valence-corrected chi connectivity index (χ2v) is 6.62. The molecule has 1 spiro atoms. The SMILES string of the molecule is CCOC(=O)C(C)(N)CN1CCC2(CCCC2)CC1. The first-order chi connectivity index (χ1) is 8.97. The number of nitrogens with zero attached hydrogens (tertiary/aromatic N) is 1. The van der Waals surface area contributed by atoms with Crippen molar-refractivity contribution < 1.29 is 9.53 Å². The van der Waals surface area contributed by atoms with Crippen molar-refractivity contribution in [3.05, 3.63) is 0 Å². The highest BCUT2D eigenvalue weighted by molar-refractivity contribution is 5.80. The van der Waals surface area contributed by atoms with E-state index in [-0.39, 0.29) is 5.97 Å². The predicted molar refractivity (Wildman–Crippen MR) is 75.8 cm³/mol. The number of hydrogen-bond donors (Lipinski definition) is 1. The lowest BCUT2D eigenvalue weighted by Gasteiger charge is -2.41. The van der Waals surface area contributed by atoms with Crippen molar-refractivity contribution in [1.82, 2.24) is 4.90 Å². The van der Waals surface area contributed by atoms with Gasteiger partial charge >= 0.3 is 5.97 Å². The Morgan fingerprint density at radius 2 is 1.84 bits per heavy atom. The van der Waals surface area contributed by atoms with E-state index < -0.39 is 5.54 Å². The molecule has 1 atom stereocenters. The molecule has 1 saturated heterocycles. The number of nitrogens with two attached hydrogens (primary N) is 1. The quantitative estimate of drug-likeness (QED) is 0.792. The zero-order valence-electron chi connectivity index (χ0n) is 12.4. The standard InChI is InChI=1S/C15H28N2O2/c1-3-19-13(18)14(2,16)12-17-10-8-15(9-11-17)6-4-5-7-15/h3-12,16H2,1-2H3. The fourth-order valence-corrected chi connectivity index (χ4v) is 3.64. The van der Waals surface area contributed by atoms with Crippen molar-refractivity contribution >= 4 is 5.97 Å². The lowest BCUT2D eigenvalue weighted by molar-refractivity contribution is -0.149. The van der Waals surface area contributed by atoms with Gasteiger partial charge in [-0.1, -0.05) is 12.8 Å². The monoisotopic (exact) mass is 268 g/mol. The van der Waals surface area contributed by atoms with Crippen LogP contribution in [0.1, 0.15) is 52.4 Å². The van der Waals surface area contributed by atoms with Crippen molar-refractivity contribution in [2.45, 2.75) is 57.9 Å². The number of carbonyl (C=O) groups excluding carboxylic acids is 1. The molecular formula is C15H28N2O2. The van der Waals surface area contributed by atoms with Gasteiger partial charge in [0.15, 0.2) is 0 Å². The molecule has 1 aliphatic carbocycles. The number of piperidine rings is 1. The van der Waals surface area contributed by atoms with Crippen molar-refractivity contribution in [3.63, 3.8) is 0 Å². The van der Waals surface area contributed by atoms with Crippen LogP contribution in [0.2, 0.25) is 0 Å². The van der Waals surface area contributed by atoms with Gasteiger partial charge in [-0.15, -0.1) is 0 Å². The number of carbonyl (C=O) groups is 1. The topological polar surface area (TPSA) is 55.6 Å². The van der Waals surface area contributed by atoms with Gasteiger partial charge in [0.2, 0.25) is 0 Å². The van der Waals surface area contributed by atoms with Crippen molar-refractivity contribution in [3.8, 4) is 0 Å². The second-order valence-electron chi connectivity index (χ2n) is 6.62. The number of ether oxygens (including phenoxy) is 1. The van der Waals surface area contributed by atoms with Crippen LogP contribution in [0.15, 0.2) is 0 Å². The third kappa shape index (κ3) is 3.48. The van der Waals surface area contributed by atoms with Crippen LogP contribution in [0, 0.1) is 5.41 Å². The lowest BCUT2D eigenvalue weighted by atomic mass is 9.77. The summed E-state index contributed by atoms with van der Waals surface area (Å²) in [6, 6.07) is 0. The normalized spacial score (nSPS) is 26.3. The summed E-state index contributed by atoms with van der Waals surface area (Å²) in [5.41, 5.74) is 5.84. The van der Waals surface area contributed by atoms with E-state index in [2.05, 4.69) is 4.90 Å². The van der Waals surface area contributed by atoms with E-state index in [1.807, 2.05) is 6.92 Å². The van der Waals surface area contributed by atoms with Gasteiger partial charge in [-0.25, -0.2) is 0 Å². The Hall–Kier alpha value is -0.610. The Morgan fingerprint density at radius 1 is 1.26 bits per heavy atom. The molecule has 0 amide bonds.